The van der Waals surface area contributed by atoms with Gasteiger partial charge in [-0.2, -0.15) is 0 Å². The van der Waals surface area contributed by atoms with Crippen molar-refractivity contribution in [3.05, 3.63) is 300 Å². The number of carbonyl (C=O) groups is 5. The normalized spacial score (nSPS) is 13.3. The highest BCUT2D eigenvalue weighted by atomic mass is 35.5. The van der Waals surface area contributed by atoms with E-state index in [4.69, 9.17) is 93.0 Å². The van der Waals surface area contributed by atoms with Gasteiger partial charge in [0.05, 0.1) is 80.7 Å². The molecule has 11 N–H and O–H groups in total. The number of hydrogen-bond donors (Lipinski definition) is 7. The average molecular weight is 2010 g/mol. The number of aryl methyl sites for hydroxylation is 4. The lowest BCUT2D eigenvalue weighted by atomic mass is 10.0. The van der Waals surface area contributed by atoms with E-state index in [1.807, 2.05) is 129 Å². The number of rotatable bonds is 34. The number of urea groups is 1. The molecule has 11 heterocycles. The van der Waals surface area contributed by atoms with Gasteiger partial charge in [0.25, 0.3) is 0 Å². The third kappa shape index (κ3) is 27.8. The summed E-state index contributed by atoms with van der Waals surface area (Å²) in [4.78, 5) is 94.5. The first-order valence-corrected chi connectivity index (χ1v) is 50.5. The maximum atomic E-state index is 12.9. The number of ketones is 4. The molecule has 0 spiro atoms. The number of piperazine rings is 2. The molecule has 0 radical (unpaired) electrons. The van der Waals surface area contributed by atoms with Gasteiger partial charge >= 0.3 is 6.03 Å². The molecule has 0 saturated carbocycles. The Balaban J connectivity index is 0.000000140. The largest absolute Gasteiger partial charge is 0.488 e. The number of morpholine rings is 1. The quantitative estimate of drug-likeness (QED) is 0.0145. The van der Waals surface area contributed by atoms with E-state index in [9.17, 15) is 24.0 Å². The molecule has 7 aromatic carbocycles. The van der Waals surface area contributed by atoms with Crippen LogP contribution in [0.1, 0.15) is 120 Å². The lowest BCUT2D eigenvalue weighted by molar-refractivity contribution is 0.0183. The molecule has 0 aliphatic carbocycles. The number of nitrogens with zero attached hydrogens (tertiary/aromatic N) is 8. The van der Waals surface area contributed by atoms with Crippen LogP contribution in [-0.4, -0.2) is 159 Å². The first-order chi connectivity index (χ1) is 66.9. The van der Waals surface area contributed by atoms with Crippen LogP contribution >= 0.6 is 91.8 Å². The Morgan fingerprint density at radius 1 is 0.420 bits per heavy atom. The van der Waals surface area contributed by atoms with Crippen LogP contribution in [0.2, 0.25) is 20.1 Å². The van der Waals surface area contributed by atoms with Gasteiger partial charge in [0, 0.05) is 185 Å². The van der Waals surface area contributed by atoms with Crippen molar-refractivity contribution in [1.82, 2.24) is 40.8 Å². The van der Waals surface area contributed by atoms with Gasteiger partial charge < -0.3 is 72.4 Å². The first kappa shape index (κ1) is 101. The predicted molar refractivity (Wildman–Crippen MR) is 564 cm³/mol. The highest BCUT2D eigenvalue weighted by Crippen LogP contribution is 2.37. The fourth-order valence-electron chi connectivity index (χ4n) is 15.9. The minimum absolute atomic E-state index is 0.0413. The third-order valence-electron chi connectivity index (χ3n) is 23.7. The Morgan fingerprint density at radius 3 is 1.14 bits per heavy atom. The van der Waals surface area contributed by atoms with Gasteiger partial charge in [-0.25, -0.2) is 24.7 Å². The zero-order valence-corrected chi connectivity index (χ0v) is 83.2. The summed E-state index contributed by atoms with van der Waals surface area (Å²) >= 11 is 31.2. The fourth-order valence-corrected chi connectivity index (χ4v) is 21.1. The minimum atomic E-state index is -0.172. The molecule has 3 saturated heterocycles. The number of amides is 2. The van der Waals surface area contributed by atoms with Crippen molar-refractivity contribution < 1.29 is 47.7 Å². The van der Waals surface area contributed by atoms with Crippen LogP contribution in [0.4, 0.5) is 45.1 Å². The van der Waals surface area contributed by atoms with E-state index in [1.54, 1.807) is 73.1 Å². The molecule has 33 heteroatoms. The predicted octanol–water partition coefficient (Wildman–Crippen LogP) is 21.3. The topological polar surface area (TPSA) is 336 Å². The Labute approximate surface area is 838 Å². The SMILES string of the molecule is CC(C)NC(=O)N(C)c1ccc(OCc2sc(C(=O)CCc3ccc4c(N)nccc4c3)cc2Cl)cc1.Nc1nccc2cc(CCC(=O)c3cc(Cl)c(COCCN4CCOCC4)s3)ccc12.Nc1nccc2cc(CCC(=O)c3cc(Cl)c(COc4ccc(N5CCNCC5)cc4)s3)ccc12.Nc1nccc2cc(CCC(=O)c3cc(Cl)c(COc4cccc(N5CCNCC5)c4)s3)ccc12. The molecule has 3 fully saturated rings. The summed E-state index contributed by atoms with van der Waals surface area (Å²) in [6.45, 7) is 18.1. The molecule has 138 heavy (non-hydrogen) atoms. The van der Waals surface area contributed by atoms with E-state index in [0.717, 1.165) is 193 Å². The zero-order valence-electron chi connectivity index (χ0n) is 76.9. The first-order valence-electron chi connectivity index (χ1n) is 45.7. The molecule has 15 aromatic rings. The van der Waals surface area contributed by atoms with Gasteiger partial charge in [-0.15, -0.1) is 45.3 Å². The summed E-state index contributed by atoms with van der Waals surface area (Å²) < 4.78 is 29.0. The van der Waals surface area contributed by atoms with Crippen molar-refractivity contribution in [3.8, 4) is 17.2 Å². The summed E-state index contributed by atoms with van der Waals surface area (Å²) in [6.07, 6.45) is 11.0. The average Bonchev–Trinajstić information content (AvgIpc) is 1.43. The van der Waals surface area contributed by atoms with E-state index in [2.05, 4.69) is 93.1 Å². The van der Waals surface area contributed by atoms with Crippen LogP contribution in [0.5, 0.6) is 17.2 Å². The van der Waals surface area contributed by atoms with Crippen LogP contribution in [0, 0.1) is 0 Å². The Morgan fingerprint density at radius 2 is 0.768 bits per heavy atom. The summed E-state index contributed by atoms with van der Waals surface area (Å²) in [5, 5.41) is 19.7. The van der Waals surface area contributed by atoms with E-state index in [0.29, 0.717) is 146 Å². The Kier molecular flexibility index (Phi) is 35.8. The number of fused-ring (bicyclic) bond motifs is 4. The molecular weight excluding hydrogens is 1900 g/mol. The van der Waals surface area contributed by atoms with Crippen molar-refractivity contribution in [1.29, 1.82) is 0 Å². The number of pyridine rings is 4. The highest BCUT2D eigenvalue weighted by molar-refractivity contribution is 7.15. The number of aromatic nitrogens is 4. The number of ether oxygens (including phenoxy) is 5. The summed E-state index contributed by atoms with van der Waals surface area (Å²) in [5.41, 5.74) is 31.1. The molecule has 716 valence electrons. The number of thiophene rings is 4. The number of nitrogen functional groups attached to an aromatic ring is 4. The van der Waals surface area contributed by atoms with Crippen LogP contribution in [0.15, 0.2) is 219 Å². The second-order valence-corrected chi connectivity index (χ2v) is 39.9. The number of benzene rings is 7. The lowest BCUT2D eigenvalue weighted by Crippen LogP contribution is -2.43. The molecule has 2 amide bonds. The second-order valence-electron chi connectivity index (χ2n) is 33.7. The minimum Gasteiger partial charge on any atom is -0.488 e. The molecule has 0 unspecified atom stereocenters. The molecule has 3 aliphatic rings. The Bertz CT molecular complexity index is 6740. The van der Waals surface area contributed by atoms with Gasteiger partial charge in [0.15, 0.2) is 23.1 Å². The number of anilines is 7. The van der Waals surface area contributed by atoms with Gasteiger partial charge in [0.1, 0.15) is 60.3 Å². The highest BCUT2D eigenvalue weighted by Gasteiger charge is 2.23. The molecule has 0 bridgehead atoms. The zero-order chi connectivity index (χ0) is 96.6. The smallest absolute Gasteiger partial charge is 0.321 e. The van der Waals surface area contributed by atoms with Crippen molar-refractivity contribution in [3.63, 3.8) is 0 Å². The van der Waals surface area contributed by atoms with Crippen molar-refractivity contribution in [2.75, 3.05) is 136 Å². The van der Waals surface area contributed by atoms with Crippen LogP contribution < -0.4 is 67.8 Å². The number of halogens is 4. The summed E-state index contributed by atoms with van der Waals surface area (Å²) in [7, 11) is 1.71. The monoisotopic (exact) mass is 2010 g/mol. The number of carbonyl (C=O) groups excluding carboxylic acids is 5. The molecule has 0 atom stereocenters. The molecule has 3 aliphatic heterocycles. The summed E-state index contributed by atoms with van der Waals surface area (Å²) in [6, 6.07) is 62.2. The standard InChI is InChI=1S/C28H29ClN4O3S.2C27H27ClN4O2S.C23H26ClN3O3S/c1-17(2)32-28(35)33(3)20-6-8-21(9-7-20)36-16-26-23(29)15-25(37-26)24(34)11-5-18-4-10-22-19(14-18)12-13-31-27(22)30;28-23-16-25(24(33)8-2-18-1-7-22-19(15-18)9-10-31-27(22)29)35-26(23)17-34-21-5-3-20(4-6-21)32-13-11-30-12-14-32;28-23-16-25(24(33)7-5-18-4-6-22-19(14-18)8-9-31-27(22)29)35-26(23)17-34-21-3-1-2-20(15-21)32-12-10-30-11-13-32;24-19-14-21(31-22(19)15-30-12-9-27-7-10-29-11-8-27)20(28)4-2-16-1-3-18-17(13-16)5-6-26-23(18)25/h4,6-10,12-15,17H,5,11,16H2,1-3H3,(H2,30,31)(H,32,35);1,3-7,9-10,15-16,30H,2,8,11-14,17H2,(H2,29,31);1-4,6,8-9,14-16,30H,5,7,10-13,17H2,(H2,29,31);1,3,5-6,13-14H,2,4,7-12,15H2,(H2,25,26). The van der Waals surface area contributed by atoms with E-state index < -0.39 is 0 Å². The molecule has 18 rings (SSSR count). The van der Waals surface area contributed by atoms with Crippen molar-refractivity contribution in [2.24, 2.45) is 0 Å². The van der Waals surface area contributed by atoms with Crippen molar-refractivity contribution in [2.45, 2.75) is 97.7 Å². The van der Waals surface area contributed by atoms with Crippen LogP contribution in [-0.2, 0) is 61.6 Å². The number of nitrogens with one attached hydrogen (secondary N) is 3. The summed E-state index contributed by atoms with van der Waals surface area (Å²) in [5.74, 6) is 4.59. The van der Waals surface area contributed by atoms with E-state index in [-0.39, 0.29) is 41.8 Å². The maximum Gasteiger partial charge on any atom is 0.321 e. The lowest BCUT2D eigenvalue weighted by Gasteiger charge is -2.29. The number of nitrogens with two attached hydrogens (primary N) is 4. The molecular formula is C105H109Cl4N15O10S4. The van der Waals surface area contributed by atoms with E-state index in [1.165, 1.54) is 51.0 Å². The van der Waals surface area contributed by atoms with Gasteiger partial charge in [-0.1, -0.05) is 125 Å². The fraction of sp³-hybridized carbons (Fsp3) is 0.286. The molecule has 8 aromatic heterocycles. The molecule has 25 nitrogen and oxygen atoms in total. The van der Waals surface area contributed by atoms with Gasteiger partial charge in [0.2, 0.25) is 0 Å². The van der Waals surface area contributed by atoms with Gasteiger partial charge in [-0.05, 0) is 193 Å². The number of hydrogen-bond acceptors (Lipinski definition) is 27. The van der Waals surface area contributed by atoms with Gasteiger partial charge in [-0.3, -0.25) is 29.0 Å². The van der Waals surface area contributed by atoms with Crippen LogP contribution in [0.25, 0.3) is 43.1 Å². The Hall–Kier alpha value is -11.9. The van der Waals surface area contributed by atoms with E-state index >= 15 is 0 Å². The van der Waals surface area contributed by atoms with Crippen molar-refractivity contribution >= 4 is 204 Å². The number of Topliss-reactive ketones (excluding diaryl/α,β-unsaturated/α-hetero) is 4. The second kappa shape index (κ2) is 49.1. The third-order valence-corrected chi connectivity index (χ3v) is 30.1. The maximum absolute atomic E-state index is 12.9. The van der Waals surface area contributed by atoms with Crippen LogP contribution in [0.3, 0.4) is 0 Å².